The highest BCUT2D eigenvalue weighted by Crippen LogP contribution is 2.22. The van der Waals surface area contributed by atoms with E-state index in [1.165, 1.54) is 11.8 Å². The molecule has 0 aliphatic carbocycles. The van der Waals surface area contributed by atoms with Crippen molar-refractivity contribution in [2.24, 2.45) is 0 Å². The monoisotopic (exact) mass is 407 g/mol. The second kappa shape index (κ2) is 10.3. The molecule has 0 saturated carbocycles. The summed E-state index contributed by atoms with van der Waals surface area (Å²) < 4.78 is 10.1. The number of hydrogen-bond donors (Lipinski definition) is 1. The highest BCUT2D eigenvalue weighted by atomic mass is 32.2. The van der Waals surface area contributed by atoms with Crippen molar-refractivity contribution in [2.45, 2.75) is 4.90 Å². The second-order valence-corrected chi connectivity index (χ2v) is 7.17. The van der Waals surface area contributed by atoms with Crippen LogP contribution in [0.2, 0.25) is 0 Å². The highest BCUT2D eigenvalue weighted by Gasteiger charge is 2.09. The van der Waals surface area contributed by atoms with Gasteiger partial charge in [-0.3, -0.25) is 9.59 Å². The molecule has 0 spiro atoms. The zero-order chi connectivity index (χ0) is 20.5. The van der Waals surface area contributed by atoms with Gasteiger partial charge in [0, 0.05) is 10.6 Å². The van der Waals surface area contributed by atoms with Gasteiger partial charge >= 0.3 is 5.97 Å². The molecule has 0 aliphatic rings. The molecular weight excluding hydrogens is 386 g/mol. The molecule has 0 unspecified atom stereocenters. The van der Waals surface area contributed by atoms with Crippen LogP contribution in [0.25, 0.3) is 11.1 Å². The van der Waals surface area contributed by atoms with E-state index >= 15 is 0 Å². The van der Waals surface area contributed by atoms with Gasteiger partial charge in [0.05, 0.1) is 12.9 Å². The van der Waals surface area contributed by atoms with Gasteiger partial charge in [0.25, 0.3) is 5.91 Å². The molecule has 148 valence electrons. The minimum Gasteiger partial charge on any atom is -0.497 e. The first kappa shape index (κ1) is 20.5. The lowest BCUT2D eigenvalue weighted by Gasteiger charge is -2.08. The standard InChI is InChI=1S/C23H21NO4S/c1-27-20-11-13-21(14-12-20)29-16-23(26)28-15-22(25)24-19-9-7-18(8-10-19)17-5-3-2-4-6-17/h2-14H,15-16H2,1H3,(H,24,25). The van der Waals surface area contributed by atoms with Crippen LogP contribution in [0.1, 0.15) is 0 Å². The van der Waals surface area contributed by atoms with E-state index < -0.39 is 5.97 Å². The molecular formula is C23H21NO4S. The first-order valence-electron chi connectivity index (χ1n) is 9.02. The fraction of sp³-hybridized carbons (Fsp3) is 0.130. The average molecular weight is 407 g/mol. The molecule has 29 heavy (non-hydrogen) atoms. The molecule has 0 aromatic heterocycles. The molecule has 0 aliphatic heterocycles. The third kappa shape index (κ3) is 6.40. The molecule has 3 aromatic carbocycles. The number of amides is 1. The number of methoxy groups -OCH3 is 1. The summed E-state index contributed by atoms with van der Waals surface area (Å²) in [6, 6.07) is 24.9. The molecule has 3 rings (SSSR count). The van der Waals surface area contributed by atoms with Gasteiger partial charge in [-0.1, -0.05) is 42.5 Å². The summed E-state index contributed by atoms with van der Waals surface area (Å²) >= 11 is 1.34. The topological polar surface area (TPSA) is 64.6 Å². The number of esters is 1. The van der Waals surface area contributed by atoms with Gasteiger partial charge in [-0.05, 0) is 47.5 Å². The lowest BCUT2D eigenvalue weighted by Crippen LogP contribution is -2.21. The number of thioether (sulfide) groups is 1. The van der Waals surface area contributed by atoms with E-state index in [9.17, 15) is 9.59 Å². The number of hydrogen-bond acceptors (Lipinski definition) is 5. The normalized spacial score (nSPS) is 10.2. The number of anilines is 1. The molecule has 0 heterocycles. The number of carbonyl (C=O) groups is 2. The van der Waals surface area contributed by atoms with E-state index in [2.05, 4.69) is 5.32 Å². The Labute approximate surface area is 174 Å². The van der Waals surface area contributed by atoms with Gasteiger partial charge in [0.15, 0.2) is 6.61 Å². The van der Waals surface area contributed by atoms with Crippen molar-refractivity contribution in [3.05, 3.63) is 78.9 Å². The molecule has 3 aromatic rings. The number of rotatable bonds is 8. The van der Waals surface area contributed by atoms with E-state index in [1.54, 1.807) is 7.11 Å². The van der Waals surface area contributed by atoms with Gasteiger partial charge in [0.2, 0.25) is 0 Å². The lowest BCUT2D eigenvalue weighted by atomic mass is 10.1. The van der Waals surface area contributed by atoms with Gasteiger partial charge < -0.3 is 14.8 Å². The van der Waals surface area contributed by atoms with Crippen LogP contribution in [-0.2, 0) is 14.3 Å². The second-order valence-electron chi connectivity index (χ2n) is 6.12. The highest BCUT2D eigenvalue weighted by molar-refractivity contribution is 8.00. The summed E-state index contributed by atoms with van der Waals surface area (Å²) in [6.07, 6.45) is 0. The smallest absolute Gasteiger partial charge is 0.316 e. The van der Waals surface area contributed by atoms with Crippen LogP contribution >= 0.6 is 11.8 Å². The lowest BCUT2D eigenvalue weighted by molar-refractivity contribution is -0.144. The van der Waals surface area contributed by atoms with Crippen molar-refractivity contribution in [2.75, 3.05) is 24.8 Å². The number of nitrogens with one attached hydrogen (secondary N) is 1. The zero-order valence-electron chi connectivity index (χ0n) is 16.0. The number of benzene rings is 3. The quantitative estimate of drug-likeness (QED) is 0.435. The van der Waals surface area contributed by atoms with Crippen molar-refractivity contribution in [3.8, 4) is 16.9 Å². The molecule has 1 amide bonds. The molecule has 5 nitrogen and oxygen atoms in total. The number of ether oxygens (including phenoxy) is 2. The maximum absolute atomic E-state index is 12.0. The maximum Gasteiger partial charge on any atom is 0.316 e. The molecule has 0 saturated heterocycles. The summed E-state index contributed by atoms with van der Waals surface area (Å²) in [4.78, 5) is 24.8. The minimum atomic E-state index is -0.444. The Kier molecular flexibility index (Phi) is 7.30. The molecule has 0 bridgehead atoms. The Morgan fingerprint density at radius 1 is 0.862 bits per heavy atom. The van der Waals surface area contributed by atoms with E-state index in [1.807, 2.05) is 78.9 Å². The van der Waals surface area contributed by atoms with Crippen LogP contribution in [0, 0.1) is 0 Å². The van der Waals surface area contributed by atoms with E-state index in [4.69, 9.17) is 9.47 Å². The molecule has 0 atom stereocenters. The van der Waals surface area contributed by atoms with E-state index in [0.717, 1.165) is 21.8 Å². The summed E-state index contributed by atoms with van der Waals surface area (Å²) in [7, 11) is 1.60. The Hall–Kier alpha value is -3.25. The average Bonchev–Trinajstić information content (AvgIpc) is 2.78. The Balaban J connectivity index is 1.41. The molecule has 0 radical (unpaired) electrons. The van der Waals surface area contributed by atoms with Gasteiger partial charge in [-0.25, -0.2) is 0 Å². The predicted molar refractivity (Wildman–Crippen MR) is 115 cm³/mol. The number of carbonyl (C=O) groups excluding carboxylic acids is 2. The Morgan fingerprint density at radius 2 is 1.52 bits per heavy atom. The van der Waals surface area contributed by atoms with Crippen molar-refractivity contribution in [1.82, 2.24) is 0 Å². The van der Waals surface area contributed by atoms with Crippen LogP contribution in [-0.4, -0.2) is 31.3 Å². The largest absolute Gasteiger partial charge is 0.497 e. The van der Waals surface area contributed by atoms with Gasteiger partial charge in [-0.15, -0.1) is 11.8 Å². The first-order chi connectivity index (χ1) is 14.1. The van der Waals surface area contributed by atoms with Crippen LogP contribution in [0.5, 0.6) is 5.75 Å². The van der Waals surface area contributed by atoms with Crippen LogP contribution < -0.4 is 10.1 Å². The minimum absolute atomic E-state index is 0.130. The van der Waals surface area contributed by atoms with Gasteiger partial charge in [0.1, 0.15) is 5.75 Å². The summed E-state index contributed by atoms with van der Waals surface area (Å²) in [5.74, 6) is 0.0665. The SMILES string of the molecule is COc1ccc(SCC(=O)OCC(=O)Nc2ccc(-c3ccccc3)cc2)cc1. The fourth-order valence-electron chi connectivity index (χ4n) is 2.58. The maximum atomic E-state index is 12.0. The molecule has 6 heteroatoms. The summed E-state index contributed by atoms with van der Waals surface area (Å²) in [5, 5.41) is 2.73. The predicted octanol–water partition coefficient (Wildman–Crippen LogP) is 4.64. The van der Waals surface area contributed by atoms with Crippen LogP contribution in [0.3, 0.4) is 0 Å². The van der Waals surface area contributed by atoms with E-state index in [0.29, 0.717) is 5.69 Å². The van der Waals surface area contributed by atoms with Gasteiger partial charge in [-0.2, -0.15) is 0 Å². The Bertz CT molecular complexity index is 941. The molecule has 0 fully saturated rings. The van der Waals surface area contributed by atoms with Crippen molar-refractivity contribution in [3.63, 3.8) is 0 Å². The summed E-state index contributed by atoms with van der Waals surface area (Å²) in [6.45, 7) is -0.317. The zero-order valence-corrected chi connectivity index (χ0v) is 16.8. The van der Waals surface area contributed by atoms with Crippen LogP contribution in [0.4, 0.5) is 5.69 Å². The third-order valence-electron chi connectivity index (χ3n) is 4.06. The Morgan fingerprint density at radius 3 is 2.17 bits per heavy atom. The summed E-state index contributed by atoms with van der Waals surface area (Å²) in [5.41, 5.74) is 2.82. The fourth-order valence-corrected chi connectivity index (χ4v) is 3.27. The molecule has 1 N–H and O–H groups in total. The van der Waals surface area contributed by atoms with E-state index in [-0.39, 0.29) is 18.3 Å². The van der Waals surface area contributed by atoms with Crippen molar-refractivity contribution >= 4 is 29.3 Å². The van der Waals surface area contributed by atoms with Crippen molar-refractivity contribution < 1.29 is 19.1 Å². The van der Waals surface area contributed by atoms with Crippen LogP contribution in [0.15, 0.2) is 83.8 Å². The third-order valence-corrected chi connectivity index (χ3v) is 5.04. The first-order valence-corrected chi connectivity index (χ1v) is 10.0. The van der Waals surface area contributed by atoms with Crippen molar-refractivity contribution in [1.29, 1.82) is 0 Å².